The van der Waals surface area contributed by atoms with Crippen molar-refractivity contribution >= 4 is 22.6 Å². The average molecular weight is 301 g/mol. The second-order valence-electron chi connectivity index (χ2n) is 4.68. The van der Waals surface area contributed by atoms with Gasteiger partial charge in [-0.25, -0.2) is 9.97 Å². The van der Waals surface area contributed by atoms with Crippen LogP contribution in [0.3, 0.4) is 0 Å². The monoisotopic (exact) mass is 300 g/mol. The number of hydrogen-bond acceptors (Lipinski definition) is 4. The molecule has 2 aromatic heterocycles. The maximum Gasteiger partial charge on any atom is 0.152 e. The van der Waals surface area contributed by atoms with Gasteiger partial charge in [0.15, 0.2) is 5.82 Å². The molecule has 6 nitrogen and oxygen atoms in total. The van der Waals surface area contributed by atoms with E-state index in [9.17, 15) is 0 Å². The van der Waals surface area contributed by atoms with E-state index in [1.54, 1.807) is 17.1 Å². The largest absolute Gasteiger partial charge is 0.326 e. The summed E-state index contributed by atoms with van der Waals surface area (Å²) in [4.78, 5) is 8.70. The number of para-hydroxylation sites is 1. The molecule has 106 valence electrons. The lowest BCUT2D eigenvalue weighted by Gasteiger charge is -2.05. The number of alkyl halides is 1. The predicted molar refractivity (Wildman–Crippen MR) is 78.7 cm³/mol. The summed E-state index contributed by atoms with van der Waals surface area (Å²) in [6, 6.07) is 7.73. The van der Waals surface area contributed by atoms with E-state index in [-0.39, 0.29) is 0 Å². The summed E-state index contributed by atoms with van der Waals surface area (Å²) >= 11 is 5.98. The fourth-order valence-electron chi connectivity index (χ4n) is 2.35. The van der Waals surface area contributed by atoms with Crippen LogP contribution in [-0.2, 0) is 25.9 Å². The molecule has 0 radical (unpaired) electrons. The number of aromatic nitrogens is 5. The van der Waals surface area contributed by atoms with E-state index in [1.165, 1.54) is 0 Å². The van der Waals surface area contributed by atoms with Gasteiger partial charge in [0.25, 0.3) is 0 Å². The summed E-state index contributed by atoms with van der Waals surface area (Å²) in [7, 11) is 1.84. The van der Waals surface area contributed by atoms with Crippen LogP contribution in [0.4, 0.5) is 0 Å². The Kier molecular flexibility index (Phi) is 3.59. The third-order valence-corrected chi connectivity index (χ3v) is 3.54. The smallest absolute Gasteiger partial charge is 0.152 e. The standard InChI is InChI=1S/C14H13ClN6/c1-20-9-17-12(19-20)5-6-21-11-4-2-3-10(8-16)14(11)18-13(21)7-15/h2-4,9H,5-7H2,1H3. The van der Waals surface area contributed by atoms with Crippen LogP contribution in [0.15, 0.2) is 24.5 Å². The highest BCUT2D eigenvalue weighted by Crippen LogP contribution is 2.21. The van der Waals surface area contributed by atoms with Crippen LogP contribution in [-0.4, -0.2) is 24.3 Å². The van der Waals surface area contributed by atoms with Crippen molar-refractivity contribution in [3.8, 4) is 6.07 Å². The van der Waals surface area contributed by atoms with Crippen molar-refractivity contribution < 1.29 is 0 Å². The first-order chi connectivity index (χ1) is 10.2. The van der Waals surface area contributed by atoms with Gasteiger partial charge < -0.3 is 4.57 Å². The summed E-state index contributed by atoms with van der Waals surface area (Å²) in [5, 5.41) is 13.4. The molecule has 0 bridgehead atoms. The first-order valence-corrected chi connectivity index (χ1v) is 7.05. The van der Waals surface area contributed by atoms with E-state index >= 15 is 0 Å². The molecule has 2 heterocycles. The first-order valence-electron chi connectivity index (χ1n) is 6.51. The second-order valence-corrected chi connectivity index (χ2v) is 4.95. The number of aryl methyl sites for hydroxylation is 3. The lowest BCUT2D eigenvalue weighted by Crippen LogP contribution is -2.06. The van der Waals surface area contributed by atoms with Crippen molar-refractivity contribution in [3.05, 3.63) is 41.7 Å². The second kappa shape index (κ2) is 5.54. The van der Waals surface area contributed by atoms with Gasteiger partial charge >= 0.3 is 0 Å². The van der Waals surface area contributed by atoms with Crippen LogP contribution in [0.1, 0.15) is 17.2 Å². The fourth-order valence-corrected chi connectivity index (χ4v) is 2.55. The zero-order valence-corrected chi connectivity index (χ0v) is 12.2. The van der Waals surface area contributed by atoms with E-state index in [0.717, 1.165) is 17.2 Å². The number of nitriles is 1. The molecule has 0 aliphatic heterocycles. The zero-order valence-electron chi connectivity index (χ0n) is 11.5. The molecule has 0 aliphatic carbocycles. The molecule has 0 saturated carbocycles. The van der Waals surface area contributed by atoms with E-state index < -0.39 is 0 Å². The molecular formula is C14H13ClN6. The SMILES string of the molecule is Cn1cnc(CCn2c(CCl)nc3c(C#N)cccc32)n1. The third kappa shape index (κ3) is 2.48. The van der Waals surface area contributed by atoms with Crippen LogP contribution >= 0.6 is 11.6 Å². The van der Waals surface area contributed by atoms with Crippen LogP contribution in [0.25, 0.3) is 11.0 Å². The highest BCUT2D eigenvalue weighted by atomic mass is 35.5. The molecule has 0 unspecified atom stereocenters. The van der Waals surface area contributed by atoms with Crippen molar-refractivity contribution in [1.29, 1.82) is 5.26 Å². The molecule has 0 spiro atoms. The zero-order chi connectivity index (χ0) is 14.8. The molecule has 0 saturated heterocycles. The van der Waals surface area contributed by atoms with Gasteiger partial charge in [-0.2, -0.15) is 10.4 Å². The Bertz CT molecular complexity index is 826. The minimum atomic E-state index is 0.301. The van der Waals surface area contributed by atoms with Gasteiger partial charge in [0.05, 0.1) is 17.0 Å². The number of rotatable bonds is 4. The molecule has 3 rings (SSSR count). The van der Waals surface area contributed by atoms with Gasteiger partial charge in [-0.05, 0) is 12.1 Å². The van der Waals surface area contributed by atoms with Gasteiger partial charge in [0.1, 0.15) is 23.7 Å². The summed E-state index contributed by atoms with van der Waals surface area (Å²) in [5.41, 5.74) is 2.18. The normalized spacial score (nSPS) is 10.9. The summed E-state index contributed by atoms with van der Waals surface area (Å²) in [6.07, 6.45) is 2.37. The molecule has 21 heavy (non-hydrogen) atoms. The lowest BCUT2D eigenvalue weighted by atomic mass is 10.2. The van der Waals surface area contributed by atoms with Crippen molar-refractivity contribution in [2.45, 2.75) is 18.8 Å². The Morgan fingerprint density at radius 3 is 2.90 bits per heavy atom. The topological polar surface area (TPSA) is 72.3 Å². The highest BCUT2D eigenvalue weighted by Gasteiger charge is 2.13. The maximum absolute atomic E-state index is 9.16. The predicted octanol–water partition coefficient (Wildman–Crippen LogP) is 2.02. The van der Waals surface area contributed by atoms with Crippen LogP contribution < -0.4 is 0 Å². The molecule has 0 atom stereocenters. The van der Waals surface area contributed by atoms with E-state index in [1.807, 2.05) is 23.7 Å². The van der Waals surface area contributed by atoms with Crippen LogP contribution in [0.2, 0.25) is 0 Å². The van der Waals surface area contributed by atoms with Crippen LogP contribution in [0, 0.1) is 11.3 Å². The third-order valence-electron chi connectivity index (χ3n) is 3.30. The number of nitrogens with zero attached hydrogens (tertiary/aromatic N) is 6. The minimum Gasteiger partial charge on any atom is -0.326 e. The Morgan fingerprint density at radius 2 is 2.24 bits per heavy atom. The quantitative estimate of drug-likeness (QED) is 0.691. The molecule has 0 fully saturated rings. The number of imidazole rings is 1. The highest BCUT2D eigenvalue weighted by molar-refractivity contribution is 6.16. The molecule has 7 heteroatoms. The van der Waals surface area contributed by atoms with Gasteiger partial charge in [-0.1, -0.05) is 6.07 Å². The first kappa shape index (κ1) is 13.6. The Hall–Kier alpha value is -2.39. The molecule has 0 N–H and O–H groups in total. The fraction of sp³-hybridized carbons (Fsp3) is 0.286. The minimum absolute atomic E-state index is 0.301. The Morgan fingerprint density at radius 1 is 1.38 bits per heavy atom. The van der Waals surface area contributed by atoms with Gasteiger partial charge in [0, 0.05) is 20.0 Å². The lowest BCUT2D eigenvalue weighted by molar-refractivity contribution is 0.654. The van der Waals surface area contributed by atoms with Crippen molar-refractivity contribution in [3.63, 3.8) is 0 Å². The molecule has 0 amide bonds. The van der Waals surface area contributed by atoms with E-state index in [2.05, 4.69) is 21.1 Å². The van der Waals surface area contributed by atoms with E-state index in [0.29, 0.717) is 29.9 Å². The van der Waals surface area contributed by atoms with E-state index in [4.69, 9.17) is 16.9 Å². The van der Waals surface area contributed by atoms with Crippen molar-refractivity contribution in [2.24, 2.45) is 7.05 Å². The van der Waals surface area contributed by atoms with Gasteiger partial charge in [0.2, 0.25) is 0 Å². The molecule has 3 aromatic rings. The summed E-state index contributed by atoms with van der Waals surface area (Å²) in [5.74, 6) is 1.83. The molecular weight excluding hydrogens is 288 g/mol. The average Bonchev–Trinajstić information content (AvgIpc) is 3.07. The number of fused-ring (bicyclic) bond motifs is 1. The summed E-state index contributed by atoms with van der Waals surface area (Å²) < 4.78 is 3.71. The van der Waals surface area contributed by atoms with Crippen molar-refractivity contribution in [2.75, 3.05) is 0 Å². The van der Waals surface area contributed by atoms with Crippen molar-refractivity contribution in [1.82, 2.24) is 24.3 Å². The number of benzene rings is 1. The van der Waals surface area contributed by atoms with Gasteiger partial charge in [-0.15, -0.1) is 11.6 Å². The number of halogens is 1. The molecule has 1 aromatic carbocycles. The Balaban J connectivity index is 1.99. The maximum atomic E-state index is 9.16. The van der Waals surface area contributed by atoms with Gasteiger partial charge in [-0.3, -0.25) is 4.68 Å². The molecule has 0 aliphatic rings. The Labute approximate surface area is 126 Å². The number of hydrogen-bond donors (Lipinski definition) is 0. The van der Waals surface area contributed by atoms with Crippen LogP contribution in [0.5, 0.6) is 0 Å². The summed E-state index contributed by atoms with van der Waals surface area (Å²) in [6.45, 7) is 0.678.